The van der Waals surface area contributed by atoms with Gasteiger partial charge in [-0.1, -0.05) is 0 Å². The zero-order valence-electron chi connectivity index (χ0n) is 7.18. The van der Waals surface area contributed by atoms with Crippen molar-refractivity contribution in [1.29, 1.82) is 0 Å². The molecule has 0 spiro atoms. The van der Waals surface area contributed by atoms with E-state index in [0.717, 1.165) is 4.73 Å². The second-order valence-corrected chi connectivity index (χ2v) is 5.15. The first-order valence-corrected chi connectivity index (χ1v) is 6.29. The lowest BCUT2D eigenvalue weighted by Gasteiger charge is -2.09. The van der Waals surface area contributed by atoms with Gasteiger partial charge in [0.1, 0.15) is 12.7 Å². The van der Waals surface area contributed by atoms with E-state index in [-0.39, 0.29) is 11.5 Å². The van der Waals surface area contributed by atoms with Crippen LogP contribution in [0, 0.1) is 0 Å². The zero-order valence-corrected chi connectivity index (χ0v) is 8.89. The molecule has 0 amide bonds. The molecule has 2 aromatic heterocycles. The van der Waals surface area contributed by atoms with Crippen molar-refractivity contribution in [2.24, 2.45) is 0 Å². The van der Waals surface area contributed by atoms with E-state index in [1.807, 2.05) is 0 Å². The minimum absolute atomic E-state index is 0.173. The first kappa shape index (κ1) is 10.2. The van der Waals surface area contributed by atoms with Crippen molar-refractivity contribution in [3.63, 3.8) is 0 Å². The van der Waals surface area contributed by atoms with Crippen molar-refractivity contribution >= 4 is 35.5 Å². The van der Waals surface area contributed by atoms with E-state index in [1.165, 1.54) is 12.7 Å². The van der Waals surface area contributed by atoms with Crippen molar-refractivity contribution in [3.8, 4) is 0 Å². The molecule has 0 radical (unpaired) electrons. The Hall–Kier alpha value is -1.28. The number of aromatic nitrogens is 4. The van der Waals surface area contributed by atoms with Crippen LogP contribution in [0.5, 0.6) is 0 Å². The van der Waals surface area contributed by atoms with E-state index in [0.29, 0.717) is 5.52 Å². The molecule has 0 aliphatic carbocycles. The summed E-state index contributed by atoms with van der Waals surface area (Å²) in [4.78, 5) is 29.3. The van der Waals surface area contributed by atoms with Crippen LogP contribution in [0.3, 0.4) is 0 Å². The van der Waals surface area contributed by atoms with Crippen LogP contribution in [0.1, 0.15) is 0 Å². The van der Waals surface area contributed by atoms with E-state index in [4.69, 9.17) is 15.5 Å². The summed E-state index contributed by atoms with van der Waals surface area (Å²) in [6.07, 6.45) is 2.39. The molecule has 0 fully saturated rings. The lowest BCUT2D eigenvalue weighted by atomic mass is 10.5. The summed E-state index contributed by atoms with van der Waals surface area (Å²) in [5, 5.41) is 0. The Balaban J connectivity index is 2.55. The predicted octanol–water partition coefficient (Wildman–Crippen LogP) is -0.954. The van der Waals surface area contributed by atoms with Gasteiger partial charge < -0.3 is 20.1 Å². The van der Waals surface area contributed by atoms with Gasteiger partial charge in [0.25, 0.3) is 0 Å². The number of nitrogens with two attached hydrogens (primary N) is 1. The molecule has 0 unspecified atom stereocenters. The summed E-state index contributed by atoms with van der Waals surface area (Å²) in [7, 11) is 0. The highest BCUT2D eigenvalue weighted by molar-refractivity contribution is 8.06. The number of nitrogen functional groups attached to an aromatic ring is 1. The average Bonchev–Trinajstić information content (AvgIpc) is 2.48. The van der Waals surface area contributed by atoms with Crippen LogP contribution >= 0.6 is 6.72 Å². The van der Waals surface area contributed by atoms with Crippen LogP contribution in [0.25, 0.3) is 11.2 Å². The van der Waals surface area contributed by atoms with Gasteiger partial charge in [0.15, 0.2) is 11.3 Å². The lowest BCUT2D eigenvalue weighted by molar-refractivity contribution is 0.231. The van der Waals surface area contributed by atoms with Gasteiger partial charge >= 0.3 is 6.72 Å². The van der Waals surface area contributed by atoms with E-state index >= 15 is 0 Å². The van der Waals surface area contributed by atoms with Crippen LogP contribution < -0.4 is 10.4 Å². The Kier molecular flexibility index (Phi) is 2.31. The van der Waals surface area contributed by atoms with Crippen LogP contribution in [0.4, 0.5) is 5.82 Å². The Bertz CT molecular complexity index is 551. The second-order valence-electron chi connectivity index (χ2n) is 2.57. The standard InChI is InChI=1S/C5H6N5O3PS/c6-4-3-5(8-1-7-4)10(2-9-3)13-14(11,12)15/h1-2H,(H2,6,7,8)(H2,11,12,15). The topological polar surface area (TPSA) is 119 Å². The van der Waals surface area contributed by atoms with Crippen LogP contribution in [-0.2, 0) is 11.8 Å². The maximum Gasteiger partial charge on any atom is 0.395 e. The molecule has 10 heteroatoms. The number of rotatable bonds is 2. The molecule has 2 aromatic rings. The first-order valence-electron chi connectivity index (χ1n) is 3.66. The van der Waals surface area contributed by atoms with Gasteiger partial charge in [0.05, 0.1) is 0 Å². The van der Waals surface area contributed by atoms with Gasteiger partial charge in [-0.15, -0.1) is 4.73 Å². The average molecular weight is 247 g/mol. The van der Waals surface area contributed by atoms with Gasteiger partial charge in [0.2, 0.25) is 5.65 Å². The van der Waals surface area contributed by atoms with Crippen LogP contribution in [0.2, 0.25) is 0 Å². The molecule has 0 aromatic carbocycles. The maximum atomic E-state index is 8.95. The third-order valence-electron chi connectivity index (χ3n) is 1.53. The van der Waals surface area contributed by atoms with Gasteiger partial charge in [-0.25, -0.2) is 15.0 Å². The van der Waals surface area contributed by atoms with E-state index in [1.54, 1.807) is 0 Å². The summed E-state index contributed by atoms with van der Waals surface area (Å²) >= 11 is 4.31. The van der Waals surface area contributed by atoms with Crippen molar-refractivity contribution in [2.75, 3.05) is 5.73 Å². The third-order valence-corrected chi connectivity index (χ3v) is 2.11. The Morgan fingerprint density at radius 1 is 1.40 bits per heavy atom. The van der Waals surface area contributed by atoms with Crippen molar-refractivity contribution < 1.29 is 14.4 Å². The zero-order chi connectivity index (χ0) is 11.1. The molecule has 80 valence electrons. The Morgan fingerprint density at radius 2 is 2.13 bits per heavy atom. The summed E-state index contributed by atoms with van der Waals surface area (Å²) in [6, 6.07) is 0. The van der Waals surface area contributed by atoms with Gasteiger partial charge in [-0.2, -0.15) is 0 Å². The number of hydrogen-bond acceptors (Lipinski definition) is 6. The van der Waals surface area contributed by atoms with Crippen molar-refractivity contribution in [3.05, 3.63) is 12.7 Å². The molecule has 0 aliphatic heterocycles. The molecule has 2 heterocycles. The third kappa shape index (κ3) is 2.05. The molecule has 2 rings (SSSR count). The fraction of sp³-hybridized carbons (Fsp3) is 0. The second kappa shape index (κ2) is 3.38. The molecule has 0 aliphatic rings. The maximum absolute atomic E-state index is 8.95. The molecule has 15 heavy (non-hydrogen) atoms. The molecule has 0 saturated carbocycles. The Labute approximate surface area is 88.6 Å². The van der Waals surface area contributed by atoms with E-state index < -0.39 is 6.72 Å². The van der Waals surface area contributed by atoms with Crippen molar-refractivity contribution in [2.45, 2.75) is 0 Å². The fourth-order valence-electron chi connectivity index (χ4n) is 1.01. The summed E-state index contributed by atoms with van der Waals surface area (Å²) in [5.74, 6) is 0.173. The molecule has 0 atom stereocenters. The highest BCUT2D eigenvalue weighted by Crippen LogP contribution is 2.32. The molecule has 4 N–H and O–H groups in total. The number of fused-ring (bicyclic) bond motifs is 1. The van der Waals surface area contributed by atoms with E-state index in [2.05, 4.69) is 31.4 Å². The molecule has 0 bridgehead atoms. The van der Waals surface area contributed by atoms with Gasteiger partial charge in [0, 0.05) is 11.8 Å². The highest BCUT2D eigenvalue weighted by Gasteiger charge is 2.15. The number of nitrogens with zero attached hydrogens (tertiary/aromatic N) is 4. The smallest absolute Gasteiger partial charge is 0.382 e. The summed E-state index contributed by atoms with van der Waals surface area (Å²) in [5.41, 5.74) is 6.04. The number of imidazole rings is 1. The minimum atomic E-state index is -3.82. The quantitative estimate of drug-likeness (QED) is 0.581. The van der Waals surface area contributed by atoms with Crippen LogP contribution in [-0.4, -0.2) is 29.5 Å². The van der Waals surface area contributed by atoms with Gasteiger partial charge in [-0.3, -0.25) is 0 Å². The molecule has 8 nitrogen and oxygen atoms in total. The Morgan fingerprint density at radius 3 is 2.80 bits per heavy atom. The highest BCUT2D eigenvalue weighted by atomic mass is 32.5. The number of hydrogen-bond donors (Lipinski definition) is 3. The lowest BCUT2D eigenvalue weighted by Crippen LogP contribution is -2.07. The molecule has 0 saturated heterocycles. The van der Waals surface area contributed by atoms with Crippen LogP contribution in [0.15, 0.2) is 12.7 Å². The SMILES string of the molecule is Nc1ncnc2c1ncn2OP(O)(O)=S. The normalized spacial score (nSPS) is 11.9. The first-order chi connectivity index (χ1) is 6.97. The molecular weight excluding hydrogens is 241 g/mol. The monoisotopic (exact) mass is 247 g/mol. The number of anilines is 1. The van der Waals surface area contributed by atoms with Crippen molar-refractivity contribution in [1.82, 2.24) is 19.7 Å². The fourth-order valence-corrected chi connectivity index (χ4v) is 1.57. The van der Waals surface area contributed by atoms with E-state index in [9.17, 15) is 0 Å². The predicted molar refractivity (Wildman–Crippen MR) is 55.0 cm³/mol. The summed E-state index contributed by atoms with van der Waals surface area (Å²) < 4.78 is 5.61. The van der Waals surface area contributed by atoms with Gasteiger partial charge in [-0.05, 0) is 0 Å². The summed E-state index contributed by atoms with van der Waals surface area (Å²) in [6.45, 7) is -3.82. The molecular formula is C5H6N5O3PS. The minimum Gasteiger partial charge on any atom is -0.382 e. The largest absolute Gasteiger partial charge is 0.395 e.